The lowest BCUT2D eigenvalue weighted by atomic mass is 10.1. The highest BCUT2D eigenvalue weighted by atomic mass is 32.2. The molecule has 7 heteroatoms. The fraction of sp³-hybridized carbons (Fsp3) is 0.200. The minimum Gasteiger partial charge on any atom is -0.326 e. The van der Waals surface area contributed by atoms with Gasteiger partial charge in [-0.1, -0.05) is 6.07 Å². The highest BCUT2D eigenvalue weighted by Crippen LogP contribution is 2.14. The van der Waals surface area contributed by atoms with E-state index in [-0.39, 0.29) is 10.8 Å². The molecule has 0 aliphatic carbocycles. The molecule has 22 heavy (non-hydrogen) atoms. The number of benzene rings is 1. The molecule has 2 rings (SSSR count). The fourth-order valence-electron chi connectivity index (χ4n) is 1.86. The lowest BCUT2D eigenvalue weighted by Gasteiger charge is -2.07. The van der Waals surface area contributed by atoms with Crippen LogP contribution in [0.15, 0.2) is 53.7 Å². The zero-order valence-corrected chi connectivity index (χ0v) is 12.9. The minimum absolute atomic E-state index is 0.131. The number of rotatable bonds is 6. The predicted molar refractivity (Wildman–Crippen MR) is 83.9 cm³/mol. The van der Waals surface area contributed by atoms with Crippen LogP contribution >= 0.6 is 0 Å². The molecule has 1 aromatic carbocycles. The Morgan fingerprint density at radius 2 is 1.91 bits per heavy atom. The number of nitrogens with zero attached hydrogens (tertiary/aromatic N) is 1. The van der Waals surface area contributed by atoms with Crippen molar-refractivity contribution in [2.24, 2.45) is 0 Å². The van der Waals surface area contributed by atoms with Crippen LogP contribution in [0.2, 0.25) is 0 Å². The van der Waals surface area contributed by atoms with Crippen molar-refractivity contribution < 1.29 is 13.2 Å². The maximum Gasteiger partial charge on any atom is 0.240 e. The normalized spacial score (nSPS) is 11.1. The minimum atomic E-state index is -3.46. The summed E-state index contributed by atoms with van der Waals surface area (Å²) in [5, 5.41) is 2.73. The number of hydrogen-bond donors (Lipinski definition) is 2. The molecule has 1 amide bonds. The molecule has 0 atom stereocenters. The molecule has 0 bridgehead atoms. The van der Waals surface area contributed by atoms with Gasteiger partial charge in [0.25, 0.3) is 0 Å². The van der Waals surface area contributed by atoms with Crippen LogP contribution in [0, 0.1) is 0 Å². The maximum absolute atomic E-state index is 11.9. The van der Waals surface area contributed by atoms with Crippen molar-refractivity contribution in [3.63, 3.8) is 0 Å². The van der Waals surface area contributed by atoms with Crippen molar-refractivity contribution in [1.29, 1.82) is 0 Å². The van der Waals surface area contributed by atoms with Crippen molar-refractivity contribution in [1.82, 2.24) is 9.71 Å². The summed E-state index contributed by atoms with van der Waals surface area (Å²) in [5.41, 5.74) is 1.55. The Kier molecular flexibility index (Phi) is 5.24. The number of aromatic nitrogens is 1. The molecule has 2 N–H and O–H groups in total. The van der Waals surface area contributed by atoms with E-state index in [1.54, 1.807) is 24.5 Å². The van der Waals surface area contributed by atoms with E-state index < -0.39 is 10.0 Å². The molecule has 0 saturated carbocycles. The number of aryl methyl sites for hydroxylation is 1. The SMILES string of the molecule is CNS(=O)(=O)c1ccc(NC(=O)CCc2cccnc2)cc1. The molecule has 116 valence electrons. The summed E-state index contributed by atoms with van der Waals surface area (Å²) in [6, 6.07) is 9.76. The molecule has 1 aromatic heterocycles. The van der Waals surface area contributed by atoms with Crippen LogP contribution in [0.1, 0.15) is 12.0 Å². The van der Waals surface area contributed by atoms with E-state index in [1.165, 1.54) is 19.2 Å². The zero-order chi connectivity index (χ0) is 16.0. The van der Waals surface area contributed by atoms with Crippen LogP contribution in [0.4, 0.5) is 5.69 Å². The lowest BCUT2D eigenvalue weighted by Crippen LogP contribution is -2.18. The molecule has 2 aromatic rings. The summed E-state index contributed by atoms with van der Waals surface area (Å²) in [6.45, 7) is 0. The van der Waals surface area contributed by atoms with Gasteiger partial charge < -0.3 is 5.32 Å². The lowest BCUT2D eigenvalue weighted by molar-refractivity contribution is -0.116. The summed E-state index contributed by atoms with van der Waals surface area (Å²) in [5.74, 6) is -0.131. The number of anilines is 1. The monoisotopic (exact) mass is 319 g/mol. The standard InChI is InChI=1S/C15H17N3O3S/c1-16-22(20,21)14-7-5-13(6-8-14)18-15(19)9-4-12-3-2-10-17-11-12/h2-3,5-8,10-11,16H,4,9H2,1H3,(H,18,19). The fourth-order valence-corrected chi connectivity index (χ4v) is 2.59. The van der Waals surface area contributed by atoms with Crippen molar-refractivity contribution in [2.45, 2.75) is 17.7 Å². The number of nitrogens with one attached hydrogen (secondary N) is 2. The third kappa shape index (κ3) is 4.37. The van der Waals surface area contributed by atoms with E-state index >= 15 is 0 Å². The highest BCUT2D eigenvalue weighted by molar-refractivity contribution is 7.89. The quantitative estimate of drug-likeness (QED) is 0.846. The summed E-state index contributed by atoms with van der Waals surface area (Å²) in [7, 11) is -2.11. The summed E-state index contributed by atoms with van der Waals surface area (Å²) < 4.78 is 25.4. The van der Waals surface area contributed by atoms with Gasteiger partial charge >= 0.3 is 0 Å². The van der Waals surface area contributed by atoms with E-state index in [0.717, 1.165) is 5.56 Å². The van der Waals surface area contributed by atoms with Gasteiger partial charge in [0.15, 0.2) is 0 Å². The van der Waals surface area contributed by atoms with Crippen LogP contribution in [-0.2, 0) is 21.2 Å². The predicted octanol–water partition coefficient (Wildman–Crippen LogP) is 1.56. The molecular weight excluding hydrogens is 302 g/mol. The molecule has 0 radical (unpaired) electrons. The molecule has 1 heterocycles. The maximum atomic E-state index is 11.9. The second-order valence-electron chi connectivity index (χ2n) is 4.64. The first-order valence-electron chi connectivity index (χ1n) is 6.73. The van der Waals surface area contributed by atoms with Crippen molar-refractivity contribution in [3.8, 4) is 0 Å². The van der Waals surface area contributed by atoms with Gasteiger partial charge in [-0.25, -0.2) is 13.1 Å². The van der Waals surface area contributed by atoms with E-state index in [9.17, 15) is 13.2 Å². The Bertz CT molecular complexity index is 728. The Morgan fingerprint density at radius 1 is 1.18 bits per heavy atom. The van der Waals surface area contributed by atoms with Gasteiger partial charge in [-0.2, -0.15) is 0 Å². The van der Waals surface area contributed by atoms with E-state index in [2.05, 4.69) is 15.0 Å². The van der Waals surface area contributed by atoms with Gasteiger partial charge in [-0.05, 0) is 49.4 Å². The van der Waals surface area contributed by atoms with Crippen LogP contribution in [0.3, 0.4) is 0 Å². The van der Waals surface area contributed by atoms with Crippen LogP contribution in [-0.4, -0.2) is 26.4 Å². The second-order valence-corrected chi connectivity index (χ2v) is 6.53. The van der Waals surface area contributed by atoms with E-state index in [4.69, 9.17) is 0 Å². The number of pyridine rings is 1. The second kappa shape index (κ2) is 7.15. The van der Waals surface area contributed by atoms with Gasteiger partial charge in [0, 0.05) is 24.5 Å². The van der Waals surface area contributed by atoms with Crippen molar-refractivity contribution in [2.75, 3.05) is 12.4 Å². The van der Waals surface area contributed by atoms with Gasteiger partial charge in [-0.15, -0.1) is 0 Å². The molecule has 0 fully saturated rings. The smallest absolute Gasteiger partial charge is 0.240 e. The first-order chi connectivity index (χ1) is 10.5. The van der Waals surface area contributed by atoms with Gasteiger partial charge in [0.2, 0.25) is 15.9 Å². The van der Waals surface area contributed by atoms with Crippen molar-refractivity contribution >= 4 is 21.6 Å². The summed E-state index contributed by atoms with van der Waals surface area (Å²) >= 11 is 0. The first kappa shape index (κ1) is 16.1. The Labute approximate surface area is 129 Å². The van der Waals surface area contributed by atoms with Gasteiger partial charge in [0.05, 0.1) is 4.90 Å². The molecule has 0 saturated heterocycles. The van der Waals surface area contributed by atoms with Crippen molar-refractivity contribution in [3.05, 3.63) is 54.4 Å². The van der Waals surface area contributed by atoms with Crippen LogP contribution < -0.4 is 10.0 Å². The highest BCUT2D eigenvalue weighted by Gasteiger charge is 2.11. The Balaban J connectivity index is 1.92. The topological polar surface area (TPSA) is 88.2 Å². The number of carbonyl (C=O) groups excluding carboxylic acids is 1. The van der Waals surface area contributed by atoms with E-state index in [0.29, 0.717) is 18.5 Å². The first-order valence-corrected chi connectivity index (χ1v) is 8.22. The number of carbonyl (C=O) groups is 1. The molecule has 0 aliphatic rings. The molecule has 0 unspecified atom stereocenters. The summed E-state index contributed by atoms with van der Waals surface area (Å²) in [4.78, 5) is 16.0. The molecule has 0 aliphatic heterocycles. The average Bonchev–Trinajstić information content (AvgIpc) is 2.54. The number of sulfonamides is 1. The van der Waals surface area contributed by atoms with Crippen LogP contribution in [0.5, 0.6) is 0 Å². The summed E-state index contributed by atoms with van der Waals surface area (Å²) in [6.07, 6.45) is 4.35. The van der Waals surface area contributed by atoms with Crippen LogP contribution in [0.25, 0.3) is 0 Å². The number of amides is 1. The molecular formula is C15H17N3O3S. The van der Waals surface area contributed by atoms with E-state index in [1.807, 2.05) is 12.1 Å². The molecule has 0 spiro atoms. The van der Waals surface area contributed by atoms with Gasteiger partial charge in [-0.3, -0.25) is 9.78 Å². The largest absolute Gasteiger partial charge is 0.326 e. The zero-order valence-electron chi connectivity index (χ0n) is 12.1. The number of hydrogen-bond acceptors (Lipinski definition) is 4. The Hall–Kier alpha value is -2.25. The Morgan fingerprint density at radius 3 is 2.50 bits per heavy atom. The molecule has 6 nitrogen and oxygen atoms in total. The average molecular weight is 319 g/mol. The third-order valence-electron chi connectivity index (χ3n) is 3.08. The third-order valence-corrected chi connectivity index (χ3v) is 4.51. The van der Waals surface area contributed by atoms with Gasteiger partial charge in [0.1, 0.15) is 0 Å².